The van der Waals surface area contributed by atoms with Crippen LogP contribution < -0.4 is 9.80 Å². The number of aliphatic hydroxyl groups excluding tert-OH is 1. The molecular formula is C27H28FN9O. The highest BCUT2D eigenvalue weighted by Crippen LogP contribution is 2.32. The first kappa shape index (κ1) is 24.0. The molecule has 11 heteroatoms. The highest BCUT2D eigenvalue weighted by Gasteiger charge is 2.30. The van der Waals surface area contributed by atoms with E-state index in [0.717, 1.165) is 59.8 Å². The standard InChI is InChI=1S/C27H28FN9O/c1-27(17-38,21-3-5-23(28)6-4-21)22-13-29-26(30-14-22)36-9-7-35(8-10-36)25-24-11-19(16-37(24)33-18-31-25)20-12-32-34(2)15-20/h3-6,11-16,18,38H,7-10,17H2,1-2H3. The summed E-state index contributed by atoms with van der Waals surface area (Å²) in [7, 11) is 1.90. The number of piperazine rings is 1. The summed E-state index contributed by atoms with van der Waals surface area (Å²) >= 11 is 0. The molecular weight excluding hydrogens is 485 g/mol. The molecule has 194 valence electrons. The number of halogens is 1. The van der Waals surface area contributed by atoms with E-state index >= 15 is 0 Å². The normalized spacial score (nSPS) is 15.7. The third-order valence-corrected chi connectivity index (χ3v) is 7.36. The second-order valence-electron chi connectivity index (χ2n) is 9.79. The smallest absolute Gasteiger partial charge is 0.225 e. The largest absolute Gasteiger partial charge is 0.395 e. The van der Waals surface area contributed by atoms with Crippen molar-refractivity contribution in [3.8, 4) is 11.1 Å². The van der Waals surface area contributed by atoms with Gasteiger partial charge in [-0.3, -0.25) is 4.68 Å². The van der Waals surface area contributed by atoms with Gasteiger partial charge in [0.1, 0.15) is 17.7 Å². The molecule has 1 unspecified atom stereocenters. The summed E-state index contributed by atoms with van der Waals surface area (Å²) in [6.07, 6.45) is 10.9. The minimum Gasteiger partial charge on any atom is -0.395 e. The fourth-order valence-electron chi connectivity index (χ4n) is 4.94. The van der Waals surface area contributed by atoms with Gasteiger partial charge in [0, 0.05) is 80.1 Å². The molecule has 1 aliphatic rings. The van der Waals surface area contributed by atoms with Crippen LogP contribution in [0.15, 0.2) is 67.6 Å². The maximum atomic E-state index is 13.4. The Morgan fingerprint density at radius 1 is 0.868 bits per heavy atom. The number of aryl methyl sites for hydroxylation is 1. The molecule has 0 radical (unpaired) electrons. The topological polar surface area (TPSA) is 100 Å². The molecule has 1 fully saturated rings. The summed E-state index contributed by atoms with van der Waals surface area (Å²) in [5, 5.41) is 18.8. The van der Waals surface area contributed by atoms with E-state index in [1.165, 1.54) is 12.1 Å². The molecule has 0 spiro atoms. The monoisotopic (exact) mass is 513 g/mol. The Hall–Kier alpha value is -4.38. The summed E-state index contributed by atoms with van der Waals surface area (Å²) < 4.78 is 17.1. The molecule has 38 heavy (non-hydrogen) atoms. The molecule has 0 bridgehead atoms. The third-order valence-electron chi connectivity index (χ3n) is 7.36. The van der Waals surface area contributed by atoms with Crippen LogP contribution in [0.5, 0.6) is 0 Å². The predicted molar refractivity (Wildman–Crippen MR) is 142 cm³/mol. The molecule has 1 aromatic carbocycles. The van der Waals surface area contributed by atoms with E-state index in [9.17, 15) is 9.50 Å². The minimum atomic E-state index is -0.727. The summed E-state index contributed by atoms with van der Waals surface area (Å²) in [5.74, 6) is 1.22. The Morgan fingerprint density at radius 2 is 1.58 bits per heavy atom. The van der Waals surface area contributed by atoms with Crippen LogP contribution in [0.2, 0.25) is 0 Å². The van der Waals surface area contributed by atoms with Crippen LogP contribution in [-0.2, 0) is 12.5 Å². The third kappa shape index (κ3) is 4.24. The molecule has 1 aliphatic heterocycles. The van der Waals surface area contributed by atoms with Crippen LogP contribution in [0.25, 0.3) is 16.6 Å². The van der Waals surface area contributed by atoms with Crippen molar-refractivity contribution in [2.75, 3.05) is 42.6 Å². The summed E-state index contributed by atoms with van der Waals surface area (Å²) in [6, 6.07) is 8.27. The molecule has 6 rings (SSSR count). The molecule has 1 atom stereocenters. The zero-order chi connectivity index (χ0) is 26.3. The first-order valence-corrected chi connectivity index (χ1v) is 12.5. The van der Waals surface area contributed by atoms with Gasteiger partial charge in [0.2, 0.25) is 5.95 Å². The fourth-order valence-corrected chi connectivity index (χ4v) is 4.94. The Labute approximate surface area is 219 Å². The number of aromatic nitrogens is 7. The van der Waals surface area contributed by atoms with Gasteiger partial charge in [-0.05, 0) is 30.7 Å². The Bertz CT molecular complexity index is 1560. The van der Waals surface area contributed by atoms with E-state index in [2.05, 4.69) is 41.0 Å². The lowest BCUT2D eigenvalue weighted by Crippen LogP contribution is -2.47. The van der Waals surface area contributed by atoms with Crippen molar-refractivity contribution in [2.24, 2.45) is 7.05 Å². The Kier molecular flexibility index (Phi) is 5.99. The van der Waals surface area contributed by atoms with Gasteiger partial charge in [-0.2, -0.15) is 10.2 Å². The van der Waals surface area contributed by atoms with Crippen LogP contribution in [0, 0.1) is 5.82 Å². The van der Waals surface area contributed by atoms with E-state index in [0.29, 0.717) is 5.95 Å². The number of nitrogens with zero attached hydrogens (tertiary/aromatic N) is 9. The Balaban J connectivity index is 1.17. The molecule has 5 heterocycles. The second-order valence-corrected chi connectivity index (χ2v) is 9.79. The number of benzene rings is 1. The average Bonchev–Trinajstić information content (AvgIpc) is 3.59. The van der Waals surface area contributed by atoms with Crippen LogP contribution >= 0.6 is 0 Å². The van der Waals surface area contributed by atoms with Gasteiger partial charge in [0.15, 0.2) is 5.82 Å². The SMILES string of the molecule is Cn1cc(-c2cc3c(N4CCN(c5ncc(C(C)(CO)c6ccc(F)cc6)cn5)CC4)ncnn3c2)cn1. The molecule has 1 N–H and O–H groups in total. The zero-order valence-electron chi connectivity index (χ0n) is 21.2. The number of rotatable bonds is 6. The maximum Gasteiger partial charge on any atom is 0.225 e. The number of aliphatic hydroxyl groups is 1. The van der Waals surface area contributed by atoms with E-state index < -0.39 is 5.41 Å². The summed E-state index contributed by atoms with van der Waals surface area (Å²) in [4.78, 5) is 18.2. The van der Waals surface area contributed by atoms with E-state index in [4.69, 9.17) is 0 Å². The number of fused-ring (bicyclic) bond motifs is 1. The van der Waals surface area contributed by atoms with Crippen LogP contribution in [0.4, 0.5) is 16.2 Å². The molecule has 4 aromatic heterocycles. The van der Waals surface area contributed by atoms with Crippen LogP contribution in [0.3, 0.4) is 0 Å². The Morgan fingerprint density at radius 3 is 2.24 bits per heavy atom. The van der Waals surface area contributed by atoms with Crippen molar-refractivity contribution in [3.05, 3.63) is 84.6 Å². The summed E-state index contributed by atoms with van der Waals surface area (Å²) in [5.41, 5.74) is 3.88. The quantitative estimate of drug-likeness (QED) is 0.370. The van der Waals surface area contributed by atoms with Gasteiger partial charge in [0.05, 0.1) is 12.8 Å². The van der Waals surface area contributed by atoms with Gasteiger partial charge in [-0.25, -0.2) is 23.9 Å². The van der Waals surface area contributed by atoms with Crippen molar-refractivity contribution in [1.29, 1.82) is 0 Å². The van der Waals surface area contributed by atoms with E-state index in [1.54, 1.807) is 35.5 Å². The van der Waals surface area contributed by atoms with E-state index in [1.807, 2.05) is 37.1 Å². The average molecular weight is 514 g/mol. The first-order chi connectivity index (χ1) is 18.4. The lowest BCUT2D eigenvalue weighted by Gasteiger charge is -2.35. The van der Waals surface area contributed by atoms with Crippen molar-refractivity contribution >= 4 is 17.3 Å². The molecule has 0 aliphatic carbocycles. The summed E-state index contributed by atoms with van der Waals surface area (Å²) in [6.45, 7) is 4.75. The van der Waals surface area contributed by atoms with Gasteiger partial charge >= 0.3 is 0 Å². The minimum absolute atomic E-state index is 0.143. The number of anilines is 2. The lowest BCUT2D eigenvalue weighted by molar-refractivity contribution is 0.230. The molecule has 10 nitrogen and oxygen atoms in total. The highest BCUT2D eigenvalue weighted by atomic mass is 19.1. The zero-order valence-corrected chi connectivity index (χ0v) is 21.2. The van der Waals surface area contributed by atoms with Crippen molar-refractivity contribution in [2.45, 2.75) is 12.3 Å². The number of hydrogen-bond acceptors (Lipinski definition) is 8. The molecule has 1 saturated heterocycles. The van der Waals surface area contributed by atoms with Crippen molar-refractivity contribution in [1.82, 2.24) is 34.3 Å². The van der Waals surface area contributed by atoms with Crippen LogP contribution in [-0.4, -0.2) is 72.2 Å². The molecule has 0 amide bonds. The molecule has 0 saturated carbocycles. The predicted octanol–water partition coefficient (Wildman–Crippen LogP) is 2.68. The van der Waals surface area contributed by atoms with Crippen molar-refractivity contribution < 1.29 is 9.50 Å². The highest BCUT2D eigenvalue weighted by molar-refractivity contribution is 5.77. The first-order valence-electron chi connectivity index (χ1n) is 12.5. The van der Waals surface area contributed by atoms with Gasteiger partial charge < -0.3 is 14.9 Å². The van der Waals surface area contributed by atoms with Gasteiger partial charge in [-0.15, -0.1) is 0 Å². The van der Waals surface area contributed by atoms with Crippen LogP contribution in [0.1, 0.15) is 18.1 Å². The van der Waals surface area contributed by atoms with Gasteiger partial charge in [-0.1, -0.05) is 12.1 Å². The van der Waals surface area contributed by atoms with E-state index in [-0.39, 0.29) is 12.4 Å². The maximum absolute atomic E-state index is 13.4. The second kappa shape index (κ2) is 9.49. The number of hydrogen-bond donors (Lipinski definition) is 1. The fraction of sp³-hybridized carbons (Fsp3) is 0.296. The van der Waals surface area contributed by atoms with Gasteiger partial charge in [0.25, 0.3) is 0 Å². The lowest BCUT2D eigenvalue weighted by atomic mass is 9.78. The molecule has 5 aromatic rings. The van der Waals surface area contributed by atoms with Crippen molar-refractivity contribution in [3.63, 3.8) is 0 Å².